The summed E-state index contributed by atoms with van der Waals surface area (Å²) in [6.07, 6.45) is 0.431. The molecule has 1 amide bonds. The fourth-order valence-corrected chi connectivity index (χ4v) is 2.58. The molecule has 0 aliphatic heterocycles. The van der Waals surface area contributed by atoms with Crippen LogP contribution >= 0.6 is 15.9 Å². The van der Waals surface area contributed by atoms with Gasteiger partial charge in [-0.25, -0.2) is 0 Å². The Morgan fingerprint density at radius 3 is 2.43 bits per heavy atom. The zero-order valence-electron chi connectivity index (χ0n) is 12.2. The first-order chi connectivity index (χ1) is 10.1. The van der Waals surface area contributed by atoms with Crippen molar-refractivity contribution in [2.75, 3.05) is 17.2 Å². The van der Waals surface area contributed by atoms with Crippen molar-refractivity contribution in [1.29, 1.82) is 0 Å². The van der Waals surface area contributed by atoms with Crippen molar-refractivity contribution in [2.24, 2.45) is 0 Å². The lowest BCUT2D eigenvalue weighted by molar-refractivity contribution is -0.115. The first kappa shape index (κ1) is 15.6. The van der Waals surface area contributed by atoms with Gasteiger partial charge in [-0.3, -0.25) is 4.79 Å². The van der Waals surface area contributed by atoms with Crippen LogP contribution in [0.5, 0.6) is 0 Å². The van der Waals surface area contributed by atoms with Gasteiger partial charge >= 0.3 is 0 Å². The number of nitrogens with one attached hydrogen (secondary N) is 2. The Bertz CT molecular complexity index is 620. The number of rotatable bonds is 5. The molecule has 2 aromatic carbocycles. The van der Waals surface area contributed by atoms with Gasteiger partial charge in [0.2, 0.25) is 5.91 Å². The Labute approximate surface area is 133 Å². The number of anilines is 2. The fourth-order valence-electron chi connectivity index (χ4n) is 2.18. The van der Waals surface area contributed by atoms with E-state index < -0.39 is 0 Å². The molecule has 0 heterocycles. The SMILES string of the molecule is Cc1cccc(C)c1NCCC(=O)Nc1cccc(Br)c1. The van der Waals surface area contributed by atoms with Crippen LogP contribution < -0.4 is 10.6 Å². The van der Waals surface area contributed by atoms with Gasteiger partial charge < -0.3 is 10.6 Å². The van der Waals surface area contributed by atoms with Gasteiger partial charge in [-0.1, -0.05) is 40.2 Å². The zero-order chi connectivity index (χ0) is 15.2. The molecular weight excluding hydrogens is 328 g/mol. The van der Waals surface area contributed by atoms with E-state index in [1.54, 1.807) is 0 Å². The van der Waals surface area contributed by atoms with Crippen LogP contribution in [0.2, 0.25) is 0 Å². The monoisotopic (exact) mass is 346 g/mol. The third kappa shape index (κ3) is 4.60. The molecule has 0 saturated heterocycles. The molecule has 0 fully saturated rings. The first-order valence-electron chi connectivity index (χ1n) is 6.92. The average molecular weight is 347 g/mol. The Morgan fingerprint density at radius 2 is 1.76 bits per heavy atom. The van der Waals surface area contributed by atoms with E-state index in [0.717, 1.165) is 15.8 Å². The average Bonchev–Trinajstić information content (AvgIpc) is 2.42. The number of halogens is 1. The topological polar surface area (TPSA) is 41.1 Å². The van der Waals surface area contributed by atoms with Crippen molar-refractivity contribution < 1.29 is 4.79 Å². The maximum absolute atomic E-state index is 11.9. The van der Waals surface area contributed by atoms with E-state index in [2.05, 4.69) is 52.5 Å². The van der Waals surface area contributed by atoms with E-state index in [4.69, 9.17) is 0 Å². The highest BCUT2D eigenvalue weighted by Crippen LogP contribution is 2.19. The quantitative estimate of drug-likeness (QED) is 0.836. The van der Waals surface area contributed by atoms with Crippen molar-refractivity contribution in [2.45, 2.75) is 20.3 Å². The third-order valence-corrected chi connectivity index (χ3v) is 3.74. The highest BCUT2D eigenvalue weighted by atomic mass is 79.9. The maximum atomic E-state index is 11.9. The number of para-hydroxylation sites is 1. The summed E-state index contributed by atoms with van der Waals surface area (Å²) in [5, 5.41) is 6.23. The summed E-state index contributed by atoms with van der Waals surface area (Å²) < 4.78 is 0.953. The second-order valence-electron chi connectivity index (χ2n) is 5.00. The minimum Gasteiger partial charge on any atom is -0.384 e. The van der Waals surface area contributed by atoms with Gasteiger partial charge in [-0.2, -0.15) is 0 Å². The van der Waals surface area contributed by atoms with Crippen LogP contribution in [0.15, 0.2) is 46.9 Å². The summed E-state index contributed by atoms with van der Waals surface area (Å²) in [4.78, 5) is 11.9. The molecule has 2 N–H and O–H groups in total. The number of aryl methyl sites for hydroxylation is 2. The van der Waals surface area contributed by atoms with Crippen LogP contribution in [0.4, 0.5) is 11.4 Å². The van der Waals surface area contributed by atoms with E-state index in [0.29, 0.717) is 13.0 Å². The van der Waals surface area contributed by atoms with Gasteiger partial charge in [0.05, 0.1) is 0 Å². The molecule has 2 aromatic rings. The van der Waals surface area contributed by atoms with Crippen LogP contribution in [0.25, 0.3) is 0 Å². The fraction of sp³-hybridized carbons (Fsp3) is 0.235. The van der Waals surface area contributed by atoms with E-state index in [1.807, 2.05) is 30.3 Å². The van der Waals surface area contributed by atoms with Crippen LogP contribution in [0, 0.1) is 13.8 Å². The van der Waals surface area contributed by atoms with E-state index >= 15 is 0 Å². The van der Waals surface area contributed by atoms with Gasteiger partial charge in [-0.05, 0) is 43.2 Å². The van der Waals surface area contributed by atoms with Gasteiger partial charge in [0.25, 0.3) is 0 Å². The Kier molecular flexibility index (Phi) is 5.39. The molecule has 0 spiro atoms. The Morgan fingerprint density at radius 1 is 1.10 bits per heavy atom. The number of carbonyl (C=O) groups excluding carboxylic acids is 1. The Hall–Kier alpha value is -1.81. The minimum absolute atomic E-state index is 0.00633. The number of hydrogen-bond acceptors (Lipinski definition) is 2. The second-order valence-corrected chi connectivity index (χ2v) is 5.92. The number of carbonyl (C=O) groups is 1. The molecule has 0 aromatic heterocycles. The third-order valence-electron chi connectivity index (χ3n) is 3.24. The predicted octanol–water partition coefficient (Wildman–Crippen LogP) is 4.51. The van der Waals surface area contributed by atoms with Crippen LogP contribution in [-0.2, 0) is 4.79 Å². The predicted molar refractivity (Wildman–Crippen MR) is 91.8 cm³/mol. The van der Waals surface area contributed by atoms with Gasteiger partial charge in [0.15, 0.2) is 0 Å². The summed E-state index contributed by atoms with van der Waals surface area (Å²) >= 11 is 3.39. The summed E-state index contributed by atoms with van der Waals surface area (Å²) in [5.74, 6) is 0.00633. The molecule has 0 saturated carbocycles. The molecule has 0 atom stereocenters. The maximum Gasteiger partial charge on any atom is 0.226 e. The second kappa shape index (κ2) is 7.27. The largest absolute Gasteiger partial charge is 0.384 e. The first-order valence-corrected chi connectivity index (χ1v) is 7.71. The molecule has 2 rings (SSSR count). The van der Waals surface area contributed by atoms with Crippen LogP contribution in [0.1, 0.15) is 17.5 Å². The van der Waals surface area contributed by atoms with Gasteiger partial charge in [0.1, 0.15) is 0 Å². The van der Waals surface area contributed by atoms with Crippen molar-refractivity contribution in [3.05, 3.63) is 58.1 Å². The number of amides is 1. The molecule has 3 nitrogen and oxygen atoms in total. The standard InChI is InChI=1S/C17H19BrN2O/c1-12-5-3-6-13(2)17(12)19-10-9-16(21)20-15-8-4-7-14(18)11-15/h3-8,11,19H,9-10H2,1-2H3,(H,20,21). The summed E-state index contributed by atoms with van der Waals surface area (Å²) in [6, 6.07) is 13.8. The molecule has 4 heteroatoms. The molecule has 0 unspecified atom stereocenters. The summed E-state index contributed by atoms with van der Waals surface area (Å²) in [6.45, 7) is 4.75. The van der Waals surface area contributed by atoms with Crippen LogP contribution in [0.3, 0.4) is 0 Å². The van der Waals surface area contributed by atoms with E-state index in [9.17, 15) is 4.79 Å². The lowest BCUT2D eigenvalue weighted by Gasteiger charge is -2.12. The van der Waals surface area contributed by atoms with Gasteiger partial charge in [0, 0.05) is 28.8 Å². The number of benzene rings is 2. The molecule has 0 radical (unpaired) electrons. The Balaban J connectivity index is 1.85. The molecule has 0 aliphatic rings. The molecule has 21 heavy (non-hydrogen) atoms. The highest BCUT2D eigenvalue weighted by Gasteiger charge is 2.05. The summed E-state index contributed by atoms with van der Waals surface area (Å²) in [5.41, 5.74) is 4.32. The molecular formula is C17H19BrN2O. The van der Waals surface area contributed by atoms with E-state index in [-0.39, 0.29) is 5.91 Å². The number of hydrogen-bond donors (Lipinski definition) is 2. The highest BCUT2D eigenvalue weighted by molar-refractivity contribution is 9.10. The van der Waals surface area contributed by atoms with Crippen molar-refractivity contribution in [1.82, 2.24) is 0 Å². The van der Waals surface area contributed by atoms with Crippen molar-refractivity contribution in [3.63, 3.8) is 0 Å². The van der Waals surface area contributed by atoms with Crippen molar-refractivity contribution in [3.8, 4) is 0 Å². The normalized spacial score (nSPS) is 10.2. The van der Waals surface area contributed by atoms with Gasteiger partial charge in [-0.15, -0.1) is 0 Å². The smallest absolute Gasteiger partial charge is 0.226 e. The summed E-state index contributed by atoms with van der Waals surface area (Å²) in [7, 11) is 0. The van der Waals surface area contributed by atoms with E-state index in [1.165, 1.54) is 11.1 Å². The van der Waals surface area contributed by atoms with Crippen LogP contribution in [-0.4, -0.2) is 12.5 Å². The molecule has 0 bridgehead atoms. The molecule has 110 valence electrons. The zero-order valence-corrected chi connectivity index (χ0v) is 13.8. The minimum atomic E-state index is 0.00633. The lowest BCUT2D eigenvalue weighted by Crippen LogP contribution is -2.16. The lowest BCUT2D eigenvalue weighted by atomic mass is 10.1. The van der Waals surface area contributed by atoms with Crippen molar-refractivity contribution >= 4 is 33.2 Å². The molecule has 0 aliphatic carbocycles.